The van der Waals surface area contributed by atoms with Gasteiger partial charge in [-0.25, -0.2) is 4.98 Å². The number of benzene rings is 1. The zero-order chi connectivity index (χ0) is 20.2. The quantitative estimate of drug-likeness (QED) is 0.609. The van der Waals surface area contributed by atoms with Crippen LogP contribution in [0.4, 0.5) is 5.95 Å². The number of methoxy groups -OCH3 is 2. The summed E-state index contributed by atoms with van der Waals surface area (Å²) >= 11 is 0. The summed E-state index contributed by atoms with van der Waals surface area (Å²) in [7, 11) is 3.24. The minimum absolute atomic E-state index is 0.0983. The monoisotopic (exact) mass is 395 g/mol. The molecule has 8 nitrogen and oxygen atoms in total. The van der Waals surface area contributed by atoms with Gasteiger partial charge in [0.1, 0.15) is 18.5 Å². The molecule has 152 valence electrons. The lowest BCUT2D eigenvalue weighted by atomic mass is 10.2. The van der Waals surface area contributed by atoms with Gasteiger partial charge in [0.2, 0.25) is 11.8 Å². The van der Waals surface area contributed by atoms with E-state index in [2.05, 4.69) is 33.1 Å². The van der Waals surface area contributed by atoms with Crippen molar-refractivity contribution >= 4 is 5.95 Å². The van der Waals surface area contributed by atoms with Gasteiger partial charge in [-0.15, -0.1) is 10.2 Å². The molecule has 1 aromatic carbocycles. The standard InChI is InChI=1S/C21H25N5O3/c1-15-6-4-5-7-18(15)29-17-10-11-25(13-17)21-24-23-19(14-27-2)26(21)16-8-9-20(28-3)22-12-16/h4-9,12,17H,10-11,13-14H2,1-3H3/t17-/m0/s1. The molecule has 4 rings (SSSR count). The number of para-hydroxylation sites is 1. The van der Waals surface area contributed by atoms with Crippen molar-refractivity contribution in [3.05, 3.63) is 54.0 Å². The first-order chi connectivity index (χ1) is 14.2. The van der Waals surface area contributed by atoms with E-state index in [1.165, 1.54) is 0 Å². The summed E-state index contributed by atoms with van der Waals surface area (Å²) in [5.41, 5.74) is 2.00. The Hall–Kier alpha value is -3.13. The summed E-state index contributed by atoms with van der Waals surface area (Å²) in [4.78, 5) is 6.51. The Bertz CT molecular complexity index is 957. The van der Waals surface area contributed by atoms with Crippen LogP contribution in [-0.4, -0.2) is 53.2 Å². The topological polar surface area (TPSA) is 74.5 Å². The molecule has 8 heteroatoms. The lowest BCUT2D eigenvalue weighted by Gasteiger charge is -2.20. The molecule has 29 heavy (non-hydrogen) atoms. The number of aromatic nitrogens is 4. The normalized spacial score (nSPS) is 16.2. The molecular formula is C21H25N5O3. The third-order valence-electron chi connectivity index (χ3n) is 4.99. The Labute approximate surface area is 170 Å². The molecule has 3 aromatic rings. The van der Waals surface area contributed by atoms with Crippen LogP contribution in [0.5, 0.6) is 11.6 Å². The molecule has 0 amide bonds. The van der Waals surface area contributed by atoms with Gasteiger partial charge in [0.25, 0.3) is 0 Å². The van der Waals surface area contributed by atoms with Gasteiger partial charge < -0.3 is 19.1 Å². The van der Waals surface area contributed by atoms with Crippen LogP contribution in [0.25, 0.3) is 5.69 Å². The Morgan fingerprint density at radius 2 is 1.97 bits per heavy atom. The number of anilines is 1. The minimum atomic E-state index is 0.0983. The molecule has 1 atom stereocenters. The molecule has 3 heterocycles. The Balaban J connectivity index is 1.57. The largest absolute Gasteiger partial charge is 0.488 e. The van der Waals surface area contributed by atoms with Gasteiger partial charge in [-0.1, -0.05) is 18.2 Å². The molecule has 0 radical (unpaired) electrons. The van der Waals surface area contributed by atoms with Gasteiger partial charge in [-0.05, 0) is 24.6 Å². The van der Waals surface area contributed by atoms with Gasteiger partial charge in [0.15, 0.2) is 5.82 Å². The SMILES string of the molecule is COCc1nnc(N2CC[C@H](Oc3ccccc3C)C2)n1-c1ccc(OC)nc1. The van der Waals surface area contributed by atoms with E-state index in [1.54, 1.807) is 20.4 Å². The van der Waals surface area contributed by atoms with Gasteiger partial charge in [-0.2, -0.15) is 0 Å². The fourth-order valence-electron chi connectivity index (χ4n) is 3.50. The van der Waals surface area contributed by atoms with Crippen LogP contribution in [-0.2, 0) is 11.3 Å². The van der Waals surface area contributed by atoms with Crippen LogP contribution in [0.15, 0.2) is 42.6 Å². The molecule has 0 aliphatic carbocycles. The number of pyridine rings is 1. The molecule has 0 saturated carbocycles. The maximum Gasteiger partial charge on any atom is 0.232 e. The molecule has 1 aliphatic heterocycles. The number of rotatable bonds is 7. The molecule has 2 aromatic heterocycles. The first-order valence-electron chi connectivity index (χ1n) is 9.60. The fourth-order valence-corrected chi connectivity index (χ4v) is 3.50. The van der Waals surface area contributed by atoms with E-state index < -0.39 is 0 Å². The van der Waals surface area contributed by atoms with E-state index in [9.17, 15) is 0 Å². The van der Waals surface area contributed by atoms with E-state index in [0.717, 1.165) is 48.3 Å². The van der Waals surface area contributed by atoms with Gasteiger partial charge in [-0.3, -0.25) is 4.57 Å². The Kier molecular flexibility index (Phi) is 5.62. The van der Waals surface area contributed by atoms with Crippen LogP contribution < -0.4 is 14.4 Å². The van der Waals surface area contributed by atoms with Crippen molar-refractivity contribution in [2.24, 2.45) is 0 Å². The molecular weight excluding hydrogens is 370 g/mol. The van der Waals surface area contributed by atoms with Crippen molar-refractivity contribution in [3.8, 4) is 17.3 Å². The van der Waals surface area contributed by atoms with E-state index in [4.69, 9.17) is 14.2 Å². The fraction of sp³-hybridized carbons (Fsp3) is 0.381. The molecule has 0 unspecified atom stereocenters. The Morgan fingerprint density at radius 3 is 2.69 bits per heavy atom. The predicted octanol–water partition coefficient (Wildman–Crippen LogP) is 2.78. The van der Waals surface area contributed by atoms with Crippen LogP contribution >= 0.6 is 0 Å². The summed E-state index contributed by atoms with van der Waals surface area (Å²) in [6.45, 7) is 4.00. The number of hydrogen-bond donors (Lipinski definition) is 0. The predicted molar refractivity (Wildman–Crippen MR) is 109 cm³/mol. The second-order valence-corrected chi connectivity index (χ2v) is 6.98. The molecule has 1 fully saturated rings. The highest BCUT2D eigenvalue weighted by Gasteiger charge is 2.29. The van der Waals surface area contributed by atoms with Crippen molar-refractivity contribution in [2.75, 3.05) is 32.2 Å². The second-order valence-electron chi connectivity index (χ2n) is 6.98. The average molecular weight is 395 g/mol. The summed E-state index contributed by atoms with van der Waals surface area (Å²) < 4.78 is 18.7. The molecule has 0 bridgehead atoms. The molecule has 1 aliphatic rings. The Morgan fingerprint density at radius 1 is 1.10 bits per heavy atom. The third kappa shape index (κ3) is 4.02. The maximum absolute atomic E-state index is 6.24. The van der Waals surface area contributed by atoms with Gasteiger partial charge in [0.05, 0.1) is 25.5 Å². The third-order valence-corrected chi connectivity index (χ3v) is 4.99. The number of nitrogens with zero attached hydrogens (tertiary/aromatic N) is 5. The van der Waals surface area contributed by atoms with Gasteiger partial charge >= 0.3 is 0 Å². The zero-order valence-corrected chi connectivity index (χ0v) is 16.9. The highest BCUT2D eigenvalue weighted by Crippen LogP contribution is 2.27. The van der Waals surface area contributed by atoms with Crippen molar-refractivity contribution in [2.45, 2.75) is 26.1 Å². The van der Waals surface area contributed by atoms with Crippen molar-refractivity contribution < 1.29 is 14.2 Å². The summed E-state index contributed by atoms with van der Waals surface area (Å²) in [6.07, 6.45) is 2.77. The lowest BCUT2D eigenvalue weighted by molar-refractivity contribution is 0.176. The lowest BCUT2D eigenvalue weighted by Crippen LogP contribution is -2.27. The van der Waals surface area contributed by atoms with Crippen LogP contribution in [0, 0.1) is 6.92 Å². The van der Waals surface area contributed by atoms with Crippen molar-refractivity contribution in [1.82, 2.24) is 19.7 Å². The van der Waals surface area contributed by atoms with Crippen molar-refractivity contribution in [1.29, 1.82) is 0 Å². The van der Waals surface area contributed by atoms with E-state index in [1.807, 2.05) is 34.9 Å². The number of ether oxygens (including phenoxy) is 3. The summed E-state index contributed by atoms with van der Waals surface area (Å²) in [6, 6.07) is 11.9. The average Bonchev–Trinajstić information content (AvgIpc) is 3.37. The van der Waals surface area contributed by atoms with Crippen LogP contribution in [0.2, 0.25) is 0 Å². The van der Waals surface area contributed by atoms with E-state index >= 15 is 0 Å². The van der Waals surface area contributed by atoms with E-state index in [-0.39, 0.29) is 6.10 Å². The smallest absolute Gasteiger partial charge is 0.232 e. The number of hydrogen-bond acceptors (Lipinski definition) is 7. The minimum Gasteiger partial charge on any atom is -0.488 e. The second kappa shape index (κ2) is 8.48. The van der Waals surface area contributed by atoms with Crippen molar-refractivity contribution in [3.63, 3.8) is 0 Å². The number of aryl methyl sites for hydroxylation is 1. The summed E-state index contributed by atoms with van der Waals surface area (Å²) in [5, 5.41) is 8.78. The summed E-state index contributed by atoms with van der Waals surface area (Å²) in [5.74, 6) is 2.97. The molecule has 0 spiro atoms. The highest BCUT2D eigenvalue weighted by atomic mass is 16.5. The zero-order valence-electron chi connectivity index (χ0n) is 16.9. The van der Waals surface area contributed by atoms with Gasteiger partial charge in [0, 0.05) is 26.1 Å². The molecule has 0 N–H and O–H groups in total. The molecule has 1 saturated heterocycles. The van der Waals surface area contributed by atoms with Crippen LogP contribution in [0.3, 0.4) is 0 Å². The maximum atomic E-state index is 6.24. The first-order valence-corrected chi connectivity index (χ1v) is 9.60. The highest BCUT2D eigenvalue weighted by molar-refractivity contribution is 5.45. The van der Waals surface area contributed by atoms with E-state index in [0.29, 0.717) is 12.5 Å². The van der Waals surface area contributed by atoms with Crippen LogP contribution in [0.1, 0.15) is 17.8 Å². The first kappa shape index (κ1) is 19.2.